The van der Waals surface area contributed by atoms with E-state index in [4.69, 9.17) is 0 Å². The number of aryl methyl sites for hydroxylation is 3. The van der Waals surface area contributed by atoms with Crippen molar-refractivity contribution in [3.05, 3.63) is 34.4 Å². The van der Waals surface area contributed by atoms with Crippen LogP contribution >= 0.6 is 0 Å². The van der Waals surface area contributed by atoms with Crippen LogP contribution in [-0.2, 0) is 9.84 Å². The van der Waals surface area contributed by atoms with E-state index in [0.717, 1.165) is 19.4 Å². The second-order valence-corrected chi connectivity index (χ2v) is 8.62. The van der Waals surface area contributed by atoms with Gasteiger partial charge >= 0.3 is 0 Å². The molecule has 0 aliphatic carbocycles. The fourth-order valence-electron chi connectivity index (χ4n) is 3.23. The van der Waals surface area contributed by atoms with E-state index < -0.39 is 9.84 Å². The average molecular weight is 309 g/mol. The molecule has 2 atom stereocenters. The molecular weight excluding hydrogens is 282 g/mol. The van der Waals surface area contributed by atoms with E-state index >= 15 is 0 Å². The standard InChI is InChI=1S/C17H27NO2S/c1-5-7-18-17(15-6-8-21(19,20)11-15)16-10-13(3)12(2)9-14(16)4/h9-10,15,17-18H,5-8,11H2,1-4H3. The third-order valence-corrected chi connectivity index (χ3v) is 6.36. The Morgan fingerprint density at radius 1 is 1.19 bits per heavy atom. The lowest BCUT2D eigenvalue weighted by atomic mass is 9.87. The van der Waals surface area contributed by atoms with Crippen LogP contribution in [0.4, 0.5) is 0 Å². The average Bonchev–Trinajstić information content (AvgIpc) is 2.76. The maximum atomic E-state index is 11.8. The first-order valence-electron chi connectivity index (χ1n) is 7.85. The molecular formula is C17H27NO2S. The quantitative estimate of drug-likeness (QED) is 0.909. The molecule has 0 spiro atoms. The first-order valence-corrected chi connectivity index (χ1v) is 9.67. The fourth-order valence-corrected chi connectivity index (χ4v) is 5.07. The van der Waals surface area contributed by atoms with Gasteiger partial charge in [-0.05, 0) is 68.3 Å². The van der Waals surface area contributed by atoms with Gasteiger partial charge in [-0.3, -0.25) is 0 Å². The second-order valence-electron chi connectivity index (χ2n) is 6.39. The number of rotatable bonds is 5. The zero-order valence-electron chi connectivity index (χ0n) is 13.6. The number of nitrogens with one attached hydrogen (secondary N) is 1. The molecule has 1 aliphatic rings. The van der Waals surface area contributed by atoms with Crippen molar-refractivity contribution in [3.8, 4) is 0 Å². The summed E-state index contributed by atoms with van der Waals surface area (Å²) in [6.45, 7) is 9.45. The first kappa shape index (κ1) is 16.5. The summed E-state index contributed by atoms with van der Waals surface area (Å²) in [6, 6.07) is 4.61. The number of sulfone groups is 1. The Morgan fingerprint density at radius 2 is 1.86 bits per heavy atom. The Kier molecular flexibility index (Phi) is 5.10. The van der Waals surface area contributed by atoms with E-state index in [-0.39, 0.29) is 12.0 Å². The van der Waals surface area contributed by atoms with Crippen molar-refractivity contribution in [2.24, 2.45) is 5.92 Å². The second kappa shape index (κ2) is 6.49. The van der Waals surface area contributed by atoms with Gasteiger partial charge in [0.1, 0.15) is 0 Å². The minimum absolute atomic E-state index is 0.154. The molecule has 1 aliphatic heterocycles. The lowest BCUT2D eigenvalue weighted by Gasteiger charge is -2.27. The molecule has 21 heavy (non-hydrogen) atoms. The SMILES string of the molecule is CCCNC(c1cc(C)c(C)cc1C)C1CCS(=O)(=O)C1. The molecule has 2 rings (SSSR count). The summed E-state index contributed by atoms with van der Waals surface area (Å²) >= 11 is 0. The van der Waals surface area contributed by atoms with Gasteiger partial charge in [0, 0.05) is 6.04 Å². The molecule has 0 saturated carbocycles. The van der Waals surface area contributed by atoms with Crippen LogP contribution < -0.4 is 5.32 Å². The normalized spacial score (nSPS) is 22.4. The van der Waals surface area contributed by atoms with Crippen LogP contribution in [0.15, 0.2) is 12.1 Å². The molecule has 3 nitrogen and oxygen atoms in total. The number of benzene rings is 1. The Morgan fingerprint density at radius 3 is 2.43 bits per heavy atom. The molecule has 4 heteroatoms. The van der Waals surface area contributed by atoms with Gasteiger partial charge in [-0.15, -0.1) is 0 Å². The third-order valence-electron chi connectivity index (χ3n) is 4.57. The van der Waals surface area contributed by atoms with Gasteiger partial charge in [-0.1, -0.05) is 19.1 Å². The van der Waals surface area contributed by atoms with Crippen molar-refractivity contribution in [2.75, 3.05) is 18.1 Å². The summed E-state index contributed by atoms with van der Waals surface area (Å²) in [6.07, 6.45) is 1.83. The van der Waals surface area contributed by atoms with Crippen molar-refractivity contribution in [2.45, 2.75) is 46.6 Å². The van der Waals surface area contributed by atoms with Crippen LogP contribution in [-0.4, -0.2) is 26.5 Å². The molecule has 0 amide bonds. The van der Waals surface area contributed by atoms with Gasteiger partial charge in [0.2, 0.25) is 0 Å². The largest absolute Gasteiger partial charge is 0.310 e. The maximum Gasteiger partial charge on any atom is 0.150 e. The first-order chi connectivity index (χ1) is 9.84. The van der Waals surface area contributed by atoms with Crippen LogP contribution in [0.1, 0.15) is 48.1 Å². The zero-order valence-corrected chi connectivity index (χ0v) is 14.4. The zero-order chi connectivity index (χ0) is 15.6. The van der Waals surface area contributed by atoms with E-state index in [9.17, 15) is 8.42 Å². The van der Waals surface area contributed by atoms with Crippen LogP contribution in [0.5, 0.6) is 0 Å². The highest BCUT2D eigenvalue weighted by Crippen LogP contribution is 2.34. The van der Waals surface area contributed by atoms with Gasteiger partial charge in [0.05, 0.1) is 11.5 Å². The summed E-state index contributed by atoms with van der Waals surface area (Å²) in [4.78, 5) is 0. The van der Waals surface area contributed by atoms with E-state index in [1.165, 1.54) is 22.3 Å². The van der Waals surface area contributed by atoms with Gasteiger partial charge in [-0.25, -0.2) is 8.42 Å². The van der Waals surface area contributed by atoms with Crippen LogP contribution in [0.2, 0.25) is 0 Å². The molecule has 1 fully saturated rings. The summed E-state index contributed by atoms with van der Waals surface area (Å²) in [7, 11) is -2.84. The highest BCUT2D eigenvalue weighted by molar-refractivity contribution is 7.91. The minimum Gasteiger partial charge on any atom is -0.310 e. The van der Waals surface area contributed by atoms with E-state index in [2.05, 4.69) is 45.1 Å². The highest BCUT2D eigenvalue weighted by atomic mass is 32.2. The Balaban J connectivity index is 2.34. The Bertz CT molecular complexity index is 607. The number of hydrogen-bond acceptors (Lipinski definition) is 3. The van der Waals surface area contributed by atoms with E-state index in [0.29, 0.717) is 11.5 Å². The van der Waals surface area contributed by atoms with Gasteiger partial charge in [-0.2, -0.15) is 0 Å². The fraction of sp³-hybridized carbons (Fsp3) is 0.647. The molecule has 0 aromatic heterocycles. The van der Waals surface area contributed by atoms with E-state index in [1.807, 2.05) is 0 Å². The van der Waals surface area contributed by atoms with Crippen molar-refractivity contribution in [1.82, 2.24) is 5.32 Å². The van der Waals surface area contributed by atoms with Crippen LogP contribution in [0, 0.1) is 26.7 Å². The van der Waals surface area contributed by atoms with Crippen molar-refractivity contribution < 1.29 is 8.42 Å². The summed E-state index contributed by atoms with van der Waals surface area (Å²) in [5.41, 5.74) is 5.11. The molecule has 0 radical (unpaired) electrons. The molecule has 1 N–H and O–H groups in total. The minimum atomic E-state index is -2.84. The maximum absolute atomic E-state index is 11.8. The van der Waals surface area contributed by atoms with Crippen molar-refractivity contribution in [3.63, 3.8) is 0 Å². The van der Waals surface area contributed by atoms with E-state index in [1.54, 1.807) is 0 Å². The van der Waals surface area contributed by atoms with Crippen molar-refractivity contribution in [1.29, 1.82) is 0 Å². The molecule has 1 aromatic rings. The van der Waals surface area contributed by atoms with Crippen LogP contribution in [0.25, 0.3) is 0 Å². The lowest BCUT2D eigenvalue weighted by Crippen LogP contribution is -2.30. The topological polar surface area (TPSA) is 46.2 Å². The molecule has 2 unspecified atom stereocenters. The third kappa shape index (κ3) is 3.86. The predicted octanol–water partition coefficient (Wildman–Crippen LogP) is 3.09. The molecule has 1 heterocycles. The molecule has 0 bridgehead atoms. The monoisotopic (exact) mass is 309 g/mol. The number of hydrogen-bond donors (Lipinski definition) is 1. The summed E-state index contributed by atoms with van der Waals surface area (Å²) < 4.78 is 23.7. The van der Waals surface area contributed by atoms with Crippen LogP contribution in [0.3, 0.4) is 0 Å². The lowest BCUT2D eigenvalue weighted by molar-refractivity contribution is 0.391. The Labute approximate surface area is 129 Å². The van der Waals surface area contributed by atoms with Gasteiger partial charge in [0.15, 0.2) is 9.84 Å². The Hall–Kier alpha value is -0.870. The predicted molar refractivity (Wildman–Crippen MR) is 88.4 cm³/mol. The van der Waals surface area contributed by atoms with Gasteiger partial charge < -0.3 is 5.32 Å². The van der Waals surface area contributed by atoms with Gasteiger partial charge in [0.25, 0.3) is 0 Å². The molecule has 118 valence electrons. The summed E-state index contributed by atoms with van der Waals surface area (Å²) in [5.74, 6) is 0.856. The smallest absolute Gasteiger partial charge is 0.150 e. The molecule has 1 saturated heterocycles. The molecule has 1 aromatic carbocycles. The highest BCUT2D eigenvalue weighted by Gasteiger charge is 2.34. The summed E-state index contributed by atoms with van der Waals surface area (Å²) in [5, 5.41) is 3.59. The van der Waals surface area contributed by atoms with Crippen molar-refractivity contribution >= 4 is 9.84 Å².